The van der Waals surface area contributed by atoms with Crippen molar-refractivity contribution in [3.05, 3.63) is 29.6 Å². The van der Waals surface area contributed by atoms with Crippen molar-refractivity contribution < 1.29 is 19.3 Å². The van der Waals surface area contributed by atoms with Gasteiger partial charge in [-0.3, -0.25) is 0 Å². The third kappa shape index (κ3) is 3.66. The van der Waals surface area contributed by atoms with Crippen LogP contribution in [0.3, 0.4) is 0 Å². The van der Waals surface area contributed by atoms with Crippen LogP contribution >= 0.6 is 0 Å². The molecule has 1 aromatic rings. The van der Waals surface area contributed by atoms with Gasteiger partial charge in [0.05, 0.1) is 12.7 Å². The number of hydrogen-bond donors (Lipinski definition) is 3. The predicted octanol–water partition coefficient (Wildman–Crippen LogP) is 0.838. The van der Waals surface area contributed by atoms with Gasteiger partial charge >= 0.3 is 0 Å². The van der Waals surface area contributed by atoms with Gasteiger partial charge in [0.15, 0.2) is 0 Å². The highest BCUT2D eigenvalue weighted by molar-refractivity contribution is 5.30. The lowest BCUT2D eigenvalue weighted by Crippen LogP contribution is -2.30. The zero-order chi connectivity index (χ0) is 12.8. The van der Waals surface area contributed by atoms with E-state index in [0.717, 1.165) is 0 Å². The van der Waals surface area contributed by atoms with Crippen molar-refractivity contribution in [2.75, 3.05) is 20.2 Å². The van der Waals surface area contributed by atoms with Crippen molar-refractivity contribution in [1.82, 2.24) is 5.32 Å². The molecule has 4 nitrogen and oxygen atoms in total. The van der Waals surface area contributed by atoms with Crippen LogP contribution in [-0.2, 0) is 0 Å². The van der Waals surface area contributed by atoms with E-state index in [4.69, 9.17) is 4.74 Å². The molecule has 2 unspecified atom stereocenters. The second-order valence-electron chi connectivity index (χ2n) is 3.69. The second-order valence-corrected chi connectivity index (χ2v) is 3.69. The summed E-state index contributed by atoms with van der Waals surface area (Å²) in [4.78, 5) is 0. The smallest absolute Gasteiger partial charge is 0.132 e. The van der Waals surface area contributed by atoms with Gasteiger partial charge in [-0.2, -0.15) is 0 Å². The van der Waals surface area contributed by atoms with Crippen LogP contribution in [0.4, 0.5) is 4.39 Å². The van der Waals surface area contributed by atoms with Crippen LogP contribution in [0.1, 0.15) is 18.6 Å². The average molecular weight is 243 g/mol. The van der Waals surface area contributed by atoms with Gasteiger partial charge in [-0.15, -0.1) is 0 Å². The Bertz CT molecular complexity index is 360. The Kier molecular flexibility index (Phi) is 5.34. The molecule has 1 rings (SSSR count). The van der Waals surface area contributed by atoms with E-state index in [2.05, 4.69) is 5.32 Å². The van der Waals surface area contributed by atoms with E-state index in [0.29, 0.717) is 12.4 Å². The van der Waals surface area contributed by atoms with Crippen molar-refractivity contribution >= 4 is 0 Å². The first kappa shape index (κ1) is 13.9. The van der Waals surface area contributed by atoms with Gasteiger partial charge in [0, 0.05) is 18.2 Å². The molecule has 0 fully saturated rings. The number of rotatable bonds is 6. The lowest BCUT2D eigenvalue weighted by Gasteiger charge is -2.18. The standard InChI is InChI=1S/C12H18FNO3/c1-3-17-8-4-5-9(10(13)6-8)12(16)11(15)7-14-2/h4-6,11-12,14-16H,3,7H2,1-2H3. The summed E-state index contributed by atoms with van der Waals surface area (Å²) in [6, 6.07) is 4.19. The molecular weight excluding hydrogens is 225 g/mol. The van der Waals surface area contributed by atoms with Crippen LogP contribution in [0, 0.1) is 5.82 Å². The summed E-state index contributed by atoms with van der Waals surface area (Å²) in [7, 11) is 1.64. The molecule has 0 aliphatic rings. The zero-order valence-electron chi connectivity index (χ0n) is 9.98. The zero-order valence-corrected chi connectivity index (χ0v) is 9.98. The summed E-state index contributed by atoms with van der Waals surface area (Å²) in [5, 5.41) is 22.0. The number of aliphatic hydroxyl groups excluding tert-OH is 2. The van der Waals surface area contributed by atoms with Gasteiger partial charge in [0.2, 0.25) is 0 Å². The quantitative estimate of drug-likeness (QED) is 0.693. The molecule has 3 N–H and O–H groups in total. The maximum Gasteiger partial charge on any atom is 0.132 e. The minimum atomic E-state index is -1.25. The van der Waals surface area contributed by atoms with Crippen molar-refractivity contribution in [1.29, 1.82) is 0 Å². The summed E-state index contributed by atoms with van der Waals surface area (Å²) in [6.07, 6.45) is -2.30. The Balaban J connectivity index is 2.83. The molecule has 0 aliphatic heterocycles. The molecule has 0 radical (unpaired) electrons. The number of aliphatic hydroxyl groups is 2. The summed E-state index contributed by atoms with van der Waals surface area (Å²) in [6.45, 7) is 2.44. The molecule has 5 heteroatoms. The third-order valence-electron chi connectivity index (χ3n) is 2.38. The Morgan fingerprint density at radius 3 is 2.65 bits per heavy atom. The van der Waals surface area contributed by atoms with Crippen LogP contribution in [0.5, 0.6) is 5.75 Å². The van der Waals surface area contributed by atoms with Gasteiger partial charge < -0.3 is 20.3 Å². The minimum Gasteiger partial charge on any atom is -0.494 e. The van der Waals surface area contributed by atoms with Crippen molar-refractivity contribution in [2.45, 2.75) is 19.1 Å². The third-order valence-corrected chi connectivity index (χ3v) is 2.38. The fourth-order valence-electron chi connectivity index (χ4n) is 1.53. The highest BCUT2D eigenvalue weighted by atomic mass is 19.1. The first-order valence-corrected chi connectivity index (χ1v) is 5.53. The topological polar surface area (TPSA) is 61.7 Å². The Morgan fingerprint density at radius 2 is 2.12 bits per heavy atom. The monoisotopic (exact) mass is 243 g/mol. The summed E-state index contributed by atoms with van der Waals surface area (Å²) >= 11 is 0. The van der Waals surface area contributed by atoms with E-state index >= 15 is 0 Å². The summed E-state index contributed by atoms with van der Waals surface area (Å²) in [5.41, 5.74) is 0.0659. The number of benzene rings is 1. The first-order valence-electron chi connectivity index (χ1n) is 5.53. The average Bonchev–Trinajstić information content (AvgIpc) is 2.29. The fourth-order valence-corrected chi connectivity index (χ4v) is 1.53. The molecule has 0 heterocycles. The molecule has 0 spiro atoms. The second kappa shape index (κ2) is 6.54. The highest BCUT2D eigenvalue weighted by Crippen LogP contribution is 2.24. The molecular formula is C12H18FNO3. The number of halogens is 1. The van der Waals surface area contributed by atoms with Crippen molar-refractivity contribution in [3.8, 4) is 5.75 Å². The van der Waals surface area contributed by atoms with E-state index in [1.165, 1.54) is 12.1 Å². The van der Waals surface area contributed by atoms with Gasteiger partial charge in [0.25, 0.3) is 0 Å². The van der Waals surface area contributed by atoms with Crippen LogP contribution in [0.25, 0.3) is 0 Å². The van der Waals surface area contributed by atoms with Gasteiger partial charge in [-0.1, -0.05) is 0 Å². The number of ether oxygens (including phenoxy) is 1. The van der Waals surface area contributed by atoms with E-state index in [1.54, 1.807) is 20.0 Å². The normalized spacial score (nSPS) is 14.4. The SMILES string of the molecule is CCOc1ccc(C(O)C(O)CNC)c(F)c1. The minimum absolute atomic E-state index is 0.0659. The number of nitrogens with one attached hydrogen (secondary N) is 1. The number of likely N-dealkylation sites (N-methyl/N-ethyl adjacent to an activating group) is 1. The maximum atomic E-state index is 13.7. The molecule has 1 aromatic carbocycles. The molecule has 0 bridgehead atoms. The molecule has 96 valence electrons. The number of hydrogen-bond acceptors (Lipinski definition) is 4. The van der Waals surface area contributed by atoms with Gasteiger partial charge in [-0.25, -0.2) is 4.39 Å². The Morgan fingerprint density at radius 1 is 1.41 bits per heavy atom. The van der Waals surface area contributed by atoms with Crippen LogP contribution in [-0.4, -0.2) is 36.5 Å². The highest BCUT2D eigenvalue weighted by Gasteiger charge is 2.21. The summed E-state index contributed by atoms with van der Waals surface area (Å²) in [5.74, 6) is -0.178. The predicted molar refractivity (Wildman–Crippen MR) is 62.5 cm³/mol. The Labute approximate surface area is 100 Å². The van der Waals surface area contributed by atoms with Crippen LogP contribution in [0.15, 0.2) is 18.2 Å². The van der Waals surface area contributed by atoms with E-state index in [1.807, 2.05) is 0 Å². The molecule has 0 saturated heterocycles. The van der Waals surface area contributed by atoms with Gasteiger partial charge in [-0.05, 0) is 26.1 Å². The molecule has 0 aliphatic carbocycles. The lowest BCUT2D eigenvalue weighted by molar-refractivity contribution is 0.0181. The summed E-state index contributed by atoms with van der Waals surface area (Å²) < 4.78 is 18.8. The fraction of sp³-hybridized carbons (Fsp3) is 0.500. The van der Waals surface area contributed by atoms with Crippen molar-refractivity contribution in [3.63, 3.8) is 0 Å². The van der Waals surface area contributed by atoms with Crippen LogP contribution in [0.2, 0.25) is 0 Å². The first-order chi connectivity index (χ1) is 8.10. The molecule has 0 amide bonds. The molecule has 0 saturated carbocycles. The van der Waals surface area contributed by atoms with E-state index in [-0.39, 0.29) is 12.1 Å². The van der Waals surface area contributed by atoms with E-state index in [9.17, 15) is 14.6 Å². The van der Waals surface area contributed by atoms with Gasteiger partial charge in [0.1, 0.15) is 17.7 Å². The largest absolute Gasteiger partial charge is 0.494 e. The lowest BCUT2D eigenvalue weighted by atomic mass is 10.0. The molecule has 17 heavy (non-hydrogen) atoms. The van der Waals surface area contributed by atoms with E-state index < -0.39 is 18.0 Å². The van der Waals surface area contributed by atoms with Crippen molar-refractivity contribution in [2.24, 2.45) is 0 Å². The molecule has 0 aromatic heterocycles. The maximum absolute atomic E-state index is 13.7. The molecule has 2 atom stereocenters. The van der Waals surface area contributed by atoms with Crippen LogP contribution < -0.4 is 10.1 Å². The Hall–Kier alpha value is -1.17.